The Kier molecular flexibility index (Phi) is 11.4. The number of anilines is 1. The molecule has 262 valence electrons. The van der Waals surface area contributed by atoms with Crippen molar-refractivity contribution in [2.24, 2.45) is 0 Å². The van der Waals surface area contributed by atoms with Crippen LogP contribution in [0.4, 0.5) is 11.4 Å². The molecule has 0 radical (unpaired) electrons. The van der Waals surface area contributed by atoms with E-state index in [9.17, 15) is 40.3 Å². The molecule has 3 aliphatic heterocycles. The molecule has 2 aromatic carbocycles. The number of likely N-dealkylation sites (N-methyl/N-ethyl adjacent to an activating group) is 1. The number of hydroxylamine groups is 2. The van der Waals surface area contributed by atoms with E-state index in [2.05, 4.69) is 0 Å². The Hall–Kier alpha value is -3.18. The van der Waals surface area contributed by atoms with E-state index in [1.54, 1.807) is 12.1 Å². The molecule has 0 N–H and O–H groups in total. The van der Waals surface area contributed by atoms with Crippen molar-refractivity contribution in [3.63, 3.8) is 0 Å². The minimum Gasteiger partial charge on any atom is -0.744 e. The third-order valence-corrected chi connectivity index (χ3v) is 11.2. The van der Waals surface area contributed by atoms with E-state index in [4.69, 9.17) is 4.84 Å². The van der Waals surface area contributed by atoms with Crippen molar-refractivity contribution in [2.75, 3.05) is 18.0 Å². The summed E-state index contributed by atoms with van der Waals surface area (Å²) in [5.41, 5.74) is 2.87. The molecule has 0 aromatic heterocycles. The molecule has 5 rings (SSSR count). The minimum absolute atomic E-state index is 0. The van der Waals surface area contributed by atoms with Crippen LogP contribution in [0, 0.1) is 0 Å². The summed E-state index contributed by atoms with van der Waals surface area (Å²) in [6, 6.07) is 8.60. The van der Waals surface area contributed by atoms with Crippen molar-refractivity contribution in [3.8, 4) is 0 Å². The van der Waals surface area contributed by atoms with Crippen LogP contribution in [0.5, 0.6) is 0 Å². The third kappa shape index (κ3) is 7.27. The third-order valence-electron chi connectivity index (χ3n) is 9.55. The van der Waals surface area contributed by atoms with Crippen LogP contribution in [-0.4, -0.2) is 72.2 Å². The van der Waals surface area contributed by atoms with E-state index in [1.807, 2.05) is 62.3 Å². The van der Waals surface area contributed by atoms with Gasteiger partial charge in [-0.05, 0) is 89.4 Å². The van der Waals surface area contributed by atoms with Crippen molar-refractivity contribution in [1.82, 2.24) is 5.06 Å². The number of allylic oxidation sites excluding steroid dienone is 4. The summed E-state index contributed by atoms with van der Waals surface area (Å²) in [6.07, 6.45) is 6.03. The summed E-state index contributed by atoms with van der Waals surface area (Å²) in [4.78, 5) is 42.8. The fourth-order valence-electron chi connectivity index (χ4n) is 7.06. The van der Waals surface area contributed by atoms with Gasteiger partial charge in [0.25, 0.3) is 11.8 Å². The maximum Gasteiger partial charge on any atom is 1.00 e. The summed E-state index contributed by atoms with van der Waals surface area (Å²) < 4.78 is 73.5. The van der Waals surface area contributed by atoms with Gasteiger partial charge in [0, 0.05) is 60.3 Å². The van der Waals surface area contributed by atoms with Crippen molar-refractivity contribution >= 4 is 55.1 Å². The average Bonchev–Trinajstić information content (AvgIpc) is 3.55. The molecule has 0 bridgehead atoms. The number of hydrogen-bond donors (Lipinski definition) is 0. The van der Waals surface area contributed by atoms with Crippen molar-refractivity contribution in [2.45, 2.75) is 87.3 Å². The molecule has 3 aliphatic rings. The maximum atomic E-state index is 12.6. The van der Waals surface area contributed by atoms with Gasteiger partial charge in [0.15, 0.2) is 5.71 Å². The summed E-state index contributed by atoms with van der Waals surface area (Å²) in [6.45, 7) is 10.7. The molecule has 0 saturated carbocycles. The van der Waals surface area contributed by atoms with Gasteiger partial charge in [-0.15, -0.1) is 5.06 Å². The second-order valence-electron chi connectivity index (χ2n) is 12.9. The van der Waals surface area contributed by atoms with Crippen molar-refractivity contribution in [3.05, 3.63) is 71.5 Å². The number of amides is 2. The number of carbonyl (C=O) groups is 3. The zero-order chi connectivity index (χ0) is 36.1. The average molecular weight is 736 g/mol. The fourth-order valence-corrected chi connectivity index (χ4v) is 8.06. The van der Waals surface area contributed by atoms with Gasteiger partial charge in [0.1, 0.15) is 26.8 Å². The van der Waals surface area contributed by atoms with Crippen LogP contribution in [0.25, 0.3) is 0 Å². The van der Waals surface area contributed by atoms with Gasteiger partial charge in [0.05, 0.1) is 15.2 Å². The number of fused-ring (bicyclic) bond motifs is 2. The van der Waals surface area contributed by atoms with E-state index >= 15 is 0 Å². The molecule has 2 aromatic rings. The Morgan fingerprint density at radius 1 is 0.940 bits per heavy atom. The molecule has 1 unspecified atom stereocenters. The first-order chi connectivity index (χ1) is 22.8. The Morgan fingerprint density at radius 2 is 1.52 bits per heavy atom. The topological polar surface area (TPSA) is 184 Å². The molecule has 1 fully saturated rings. The number of benzene rings is 2. The van der Waals surface area contributed by atoms with E-state index in [0.717, 1.165) is 17.1 Å². The first kappa shape index (κ1) is 39.6. The molecular formula is C34H38N3NaO10S2. The Morgan fingerprint density at radius 3 is 2.08 bits per heavy atom. The summed E-state index contributed by atoms with van der Waals surface area (Å²) >= 11 is 0. The van der Waals surface area contributed by atoms with Crippen LogP contribution < -0.4 is 34.5 Å². The van der Waals surface area contributed by atoms with Gasteiger partial charge in [-0.1, -0.05) is 6.08 Å². The number of nitrogens with zero attached hydrogens (tertiary/aromatic N) is 3. The second kappa shape index (κ2) is 14.4. The van der Waals surface area contributed by atoms with Crippen LogP contribution in [-0.2, 0) is 50.3 Å². The monoisotopic (exact) mass is 735 g/mol. The molecule has 16 heteroatoms. The van der Waals surface area contributed by atoms with Crippen molar-refractivity contribution in [1.29, 1.82) is 0 Å². The molecule has 1 atom stereocenters. The van der Waals surface area contributed by atoms with Gasteiger partial charge < -0.3 is 18.8 Å². The summed E-state index contributed by atoms with van der Waals surface area (Å²) in [7, 11) is -9.43. The molecule has 2 amide bonds. The number of imide groups is 1. The molecular weight excluding hydrogens is 698 g/mol. The van der Waals surface area contributed by atoms with E-state index in [0.29, 0.717) is 41.4 Å². The Bertz CT molecular complexity index is 2060. The van der Waals surface area contributed by atoms with Gasteiger partial charge >= 0.3 is 35.5 Å². The SMILES string of the molecule is CCN1C(=CC=CC2=[N+](CC)c3ccc(S(=O)(=O)[O-])cc3C2(C)C)C(C)(CCCC(=O)ON2C(=O)CCC2=O)c2cc(S(=O)(=O)[O-])ccc21.[Na+]. The Balaban J connectivity index is 0.00000562. The Labute approximate surface area is 314 Å². The zero-order valence-electron chi connectivity index (χ0n) is 28.9. The standard InChI is InChI=1S/C34H39N3O10S2.Na/c1-6-35-26-15-13-22(48(41,42)43)20-24(26)33(3,4)28(35)10-8-11-29-34(5,19-9-12-32(40)47-37-30(38)17-18-31(37)39)25-21-23(49(44,45)46)14-16-27(25)36(29)7-2;/h8,10-11,13-16,20-21H,6-7,9,12,17-19H2,1-5H3,(H-,41,42,43,44,45,46);/q;+1/p-1. The molecule has 50 heavy (non-hydrogen) atoms. The van der Waals surface area contributed by atoms with Crippen LogP contribution in [0.2, 0.25) is 0 Å². The van der Waals surface area contributed by atoms with E-state index in [-0.39, 0.29) is 65.0 Å². The predicted octanol–water partition coefficient (Wildman–Crippen LogP) is 0.910. The number of hydrogen-bond acceptors (Lipinski definition) is 11. The largest absolute Gasteiger partial charge is 1.00 e. The molecule has 13 nitrogen and oxygen atoms in total. The zero-order valence-corrected chi connectivity index (χ0v) is 32.5. The first-order valence-corrected chi connectivity index (χ1v) is 18.7. The van der Waals surface area contributed by atoms with Gasteiger partial charge in [-0.2, -0.15) is 4.58 Å². The molecule has 1 saturated heterocycles. The summed E-state index contributed by atoms with van der Waals surface area (Å²) in [5, 5.41) is 0.496. The number of carbonyl (C=O) groups excluding carboxylic acids is 3. The minimum atomic E-state index is -4.77. The smallest absolute Gasteiger partial charge is 0.744 e. The molecule has 0 aliphatic carbocycles. The van der Waals surface area contributed by atoms with E-state index in [1.165, 1.54) is 24.3 Å². The number of rotatable bonds is 11. The van der Waals surface area contributed by atoms with Gasteiger partial charge in [-0.3, -0.25) is 9.59 Å². The quantitative estimate of drug-likeness (QED) is 0.138. The normalized spacial score (nSPS) is 20.9. The maximum absolute atomic E-state index is 12.6. The van der Waals surface area contributed by atoms with Crippen LogP contribution in [0.1, 0.15) is 77.8 Å². The molecule has 3 heterocycles. The van der Waals surface area contributed by atoms with E-state index < -0.39 is 48.8 Å². The first-order valence-electron chi connectivity index (χ1n) is 15.9. The van der Waals surface area contributed by atoms with Crippen LogP contribution in [0.15, 0.2) is 70.1 Å². The predicted molar refractivity (Wildman–Crippen MR) is 176 cm³/mol. The molecule has 0 spiro atoms. The van der Waals surface area contributed by atoms with Crippen molar-refractivity contribution < 1.29 is 79.3 Å². The summed E-state index contributed by atoms with van der Waals surface area (Å²) in [5.74, 6) is -1.92. The second-order valence-corrected chi connectivity index (χ2v) is 15.7. The van der Waals surface area contributed by atoms with Gasteiger partial charge in [-0.25, -0.2) is 21.6 Å². The van der Waals surface area contributed by atoms with Gasteiger partial charge in [0.2, 0.25) is 5.69 Å². The van der Waals surface area contributed by atoms with Crippen LogP contribution in [0.3, 0.4) is 0 Å². The fraction of sp³-hybridized carbons (Fsp3) is 0.412. The van der Waals surface area contributed by atoms with Crippen LogP contribution >= 0.6 is 0 Å².